The van der Waals surface area contributed by atoms with Crippen LogP contribution in [0.3, 0.4) is 0 Å². The summed E-state index contributed by atoms with van der Waals surface area (Å²) in [5.74, 6) is -3.12. The van der Waals surface area contributed by atoms with E-state index in [1.54, 1.807) is 0 Å². The van der Waals surface area contributed by atoms with Gasteiger partial charge in [-0.05, 0) is 30.7 Å². The number of ether oxygens (including phenoxy) is 1. The SMILES string of the molecule is O=C([C@@H]1CCC(=O)N1c1cc(C(F)(F)F)cc(C(F)(F)F)n1)N1CCOc2cc(F)ccc21. The van der Waals surface area contributed by atoms with Crippen molar-refractivity contribution in [2.24, 2.45) is 0 Å². The Morgan fingerprint density at radius 2 is 1.79 bits per heavy atom. The van der Waals surface area contributed by atoms with Crippen LogP contribution in [0.25, 0.3) is 0 Å². The Balaban J connectivity index is 1.75. The van der Waals surface area contributed by atoms with Crippen LogP contribution in [0.2, 0.25) is 0 Å². The average molecular weight is 477 g/mol. The van der Waals surface area contributed by atoms with Crippen molar-refractivity contribution in [1.29, 1.82) is 0 Å². The zero-order valence-electron chi connectivity index (χ0n) is 16.5. The number of alkyl halides is 6. The number of pyridine rings is 1. The van der Waals surface area contributed by atoms with Gasteiger partial charge < -0.3 is 9.64 Å². The van der Waals surface area contributed by atoms with Crippen molar-refractivity contribution in [2.75, 3.05) is 23.0 Å². The van der Waals surface area contributed by atoms with Crippen LogP contribution >= 0.6 is 0 Å². The van der Waals surface area contributed by atoms with E-state index in [0.717, 1.165) is 17.0 Å². The molecule has 0 N–H and O–H groups in total. The summed E-state index contributed by atoms with van der Waals surface area (Å²) in [6.07, 6.45) is -10.8. The topological polar surface area (TPSA) is 62.7 Å². The molecule has 2 aliphatic heterocycles. The highest BCUT2D eigenvalue weighted by Crippen LogP contribution is 2.39. The number of hydrogen-bond acceptors (Lipinski definition) is 4. The second kappa shape index (κ2) is 7.89. The number of rotatable bonds is 2. The number of aromatic nitrogens is 1. The van der Waals surface area contributed by atoms with Gasteiger partial charge in [0.15, 0.2) is 0 Å². The van der Waals surface area contributed by atoms with Gasteiger partial charge in [-0.2, -0.15) is 26.3 Å². The molecule has 0 radical (unpaired) electrons. The fourth-order valence-corrected chi connectivity index (χ4v) is 3.76. The van der Waals surface area contributed by atoms with Crippen molar-refractivity contribution < 1.29 is 45.1 Å². The maximum absolute atomic E-state index is 13.5. The molecule has 0 saturated carbocycles. The Labute approximate surface area is 181 Å². The normalized spacial score (nSPS) is 18.9. The molecular weight excluding hydrogens is 463 g/mol. The number of carbonyl (C=O) groups is 2. The van der Waals surface area contributed by atoms with E-state index in [2.05, 4.69) is 4.98 Å². The van der Waals surface area contributed by atoms with Crippen molar-refractivity contribution >= 4 is 23.3 Å². The first-order chi connectivity index (χ1) is 15.4. The van der Waals surface area contributed by atoms with Crippen LogP contribution < -0.4 is 14.5 Å². The third kappa shape index (κ3) is 4.31. The van der Waals surface area contributed by atoms with Gasteiger partial charge in [-0.3, -0.25) is 14.5 Å². The summed E-state index contributed by atoms with van der Waals surface area (Å²) >= 11 is 0. The molecule has 0 aliphatic carbocycles. The summed E-state index contributed by atoms with van der Waals surface area (Å²) in [6.45, 7) is -0.0390. The second-order valence-electron chi connectivity index (χ2n) is 7.36. The summed E-state index contributed by atoms with van der Waals surface area (Å²) in [7, 11) is 0. The van der Waals surface area contributed by atoms with Crippen molar-refractivity contribution in [1.82, 2.24) is 4.98 Å². The van der Waals surface area contributed by atoms with Crippen LogP contribution in [0.1, 0.15) is 24.1 Å². The predicted octanol–water partition coefficient (Wildman–Crippen LogP) is 4.18. The number of hydrogen-bond donors (Lipinski definition) is 0. The molecule has 2 amide bonds. The number of carbonyl (C=O) groups excluding carboxylic acids is 2. The minimum absolute atomic E-state index is 0.0141. The van der Waals surface area contributed by atoms with E-state index in [4.69, 9.17) is 4.74 Å². The molecule has 176 valence electrons. The lowest BCUT2D eigenvalue weighted by molar-refractivity contribution is -0.145. The molecule has 0 spiro atoms. The first kappa shape index (κ1) is 22.8. The second-order valence-corrected chi connectivity index (χ2v) is 7.36. The number of anilines is 2. The summed E-state index contributed by atoms with van der Waals surface area (Å²) in [5.41, 5.74) is -3.33. The highest BCUT2D eigenvalue weighted by Gasteiger charge is 2.44. The Bertz CT molecular complexity index is 1080. The van der Waals surface area contributed by atoms with E-state index in [-0.39, 0.29) is 43.5 Å². The Kier molecular flexibility index (Phi) is 5.45. The van der Waals surface area contributed by atoms with E-state index < -0.39 is 53.1 Å². The lowest BCUT2D eigenvalue weighted by Gasteiger charge is -2.33. The Hall–Kier alpha value is -3.38. The molecule has 33 heavy (non-hydrogen) atoms. The number of halogens is 7. The number of benzene rings is 1. The van der Waals surface area contributed by atoms with Gasteiger partial charge in [0.1, 0.15) is 35.7 Å². The van der Waals surface area contributed by atoms with Crippen molar-refractivity contribution in [2.45, 2.75) is 31.2 Å². The van der Waals surface area contributed by atoms with E-state index in [0.29, 0.717) is 11.0 Å². The van der Waals surface area contributed by atoms with E-state index in [1.165, 1.54) is 6.07 Å². The smallest absolute Gasteiger partial charge is 0.433 e. The molecule has 4 rings (SSSR count). The van der Waals surface area contributed by atoms with Gasteiger partial charge in [0, 0.05) is 12.5 Å². The van der Waals surface area contributed by atoms with Gasteiger partial charge in [0.2, 0.25) is 11.8 Å². The third-order valence-corrected chi connectivity index (χ3v) is 5.22. The van der Waals surface area contributed by atoms with Gasteiger partial charge >= 0.3 is 12.4 Å². The molecule has 13 heteroatoms. The molecule has 3 heterocycles. The van der Waals surface area contributed by atoms with Gasteiger partial charge in [-0.25, -0.2) is 9.37 Å². The monoisotopic (exact) mass is 477 g/mol. The lowest BCUT2D eigenvalue weighted by atomic mass is 10.1. The fourth-order valence-electron chi connectivity index (χ4n) is 3.76. The molecule has 1 fully saturated rings. The summed E-state index contributed by atoms with van der Waals surface area (Å²) < 4.78 is 98.2. The molecule has 1 saturated heterocycles. The molecule has 2 aliphatic rings. The van der Waals surface area contributed by atoms with Crippen LogP contribution in [0.5, 0.6) is 5.75 Å². The van der Waals surface area contributed by atoms with Gasteiger partial charge in [-0.1, -0.05) is 0 Å². The van der Waals surface area contributed by atoms with Crippen LogP contribution in [0, 0.1) is 5.82 Å². The minimum atomic E-state index is -5.22. The molecule has 1 aromatic carbocycles. The van der Waals surface area contributed by atoms with Gasteiger partial charge in [-0.15, -0.1) is 0 Å². The summed E-state index contributed by atoms with van der Waals surface area (Å²) in [4.78, 5) is 30.7. The highest BCUT2D eigenvalue weighted by molar-refractivity contribution is 6.08. The van der Waals surface area contributed by atoms with Crippen LogP contribution in [0.15, 0.2) is 30.3 Å². The molecular formula is C20H14F7N3O3. The largest absolute Gasteiger partial charge is 0.489 e. The minimum Gasteiger partial charge on any atom is -0.489 e. The molecule has 0 unspecified atom stereocenters. The fraction of sp³-hybridized carbons (Fsp3) is 0.350. The molecule has 0 bridgehead atoms. The maximum Gasteiger partial charge on any atom is 0.433 e. The quantitative estimate of drug-likeness (QED) is 0.609. The molecule has 1 aromatic heterocycles. The van der Waals surface area contributed by atoms with Crippen molar-refractivity contribution in [3.8, 4) is 5.75 Å². The first-order valence-corrected chi connectivity index (χ1v) is 9.58. The predicted molar refractivity (Wildman–Crippen MR) is 99.0 cm³/mol. The van der Waals surface area contributed by atoms with Gasteiger partial charge in [0.25, 0.3) is 0 Å². The number of fused-ring (bicyclic) bond motifs is 1. The molecule has 6 nitrogen and oxygen atoms in total. The highest BCUT2D eigenvalue weighted by atomic mass is 19.4. The first-order valence-electron chi connectivity index (χ1n) is 9.58. The van der Waals surface area contributed by atoms with Crippen LogP contribution in [-0.4, -0.2) is 36.0 Å². The maximum atomic E-state index is 13.5. The lowest BCUT2D eigenvalue weighted by Crippen LogP contribution is -2.50. The number of nitrogens with zero attached hydrogens (tertiary/aromatic N) is 3. The van der Waals surface area contributed by atoms with E-state index in [9.17, 15) is 40.3 Å². The van der Waals surface area contributed by atoms with Crippen LogP contribution in [-0.2, 0) is 21.9 Å². The Morgan fingerprint density at radius 1 is 1.06 bits per heavy atom. The average Bonchev–Trinajstić information content (AvgIpc) is 3.12. The van der Waals surface area contributed by atoms with Gasteiger partial charge in [0.05, 0.1) is 17.8 Å². The van der Waals surface area contributed by atoms with Crippen molar-refractivity contribution in [3.05, 3.63) is 47.4 Å². The standard InChI is InChI=1S/C20H14F7N3O3/c21-11-1-2-12-14(9-11)33-6-5-29(12)18(32)13-3-4-17(31)30(13)16-8-10(19(22,23)24)7-15(28-16)20(25,26)27/h1-2,7-9,13H,3-6H2/t13-/m0/s1. The third-order valence-electron chi connectivity index (χ3n) is 5.22. The van der Waals surface area contributed by atoms with Crippen LogP contribution in [0.4, 0.5) is 42.2 Å². The summed E-state index contributed by atoms with van der Waals surface area (Å²) in [6, 6.07) is 2.11. The molecule has 1 atom stereocenters. The number of amides is 2. The Morgan fingerprint density at radius 3 is 2.45 bits per heavy atom. The van der Waals surface area contributed by atoms with E-state index in [1.807, 2.05) is 0 Å². The zero-order chi connectivity index (χ0) is 24.1. The van der Waals surface area contributed by atoms with Crippen molar-refractivity contribution in [3.63, 3.8) is 0 Å². The molecule has 2 aromatic rings. The zero-order valence-corrected chi connectivity index (χ0v) is 16.5. The summed E-state index contributed by atoms with van der Waals surface area (Å²) in [5, 5.41) is 0. The van der Waals surface area contributed by atoms with E-state index >= 15 is 0 Å².